The largest absolute Gasteiger partial charge is 0.481 e. The summed E-state index contributed by atoms with van der Waals surface area (Å²) < 4.78 is 5.75. The molecule has 0 spiro atoms. The first-order chi connectivity index (χ1) is 13.0. The van der Waals surface area contributed by atoms with Gasteiger partial charge in [-0.2, -0.15) is 0 Å². The van der Waals surface area contributed by atoms with Crippen LogP contribution in [-0.2, 0) is 14.4 Å². The number of carbonyl (C=O) groups excluding carboxylic acids is 2. The summed E-state index contributed by atoms with van der Waals surface area (Å²) in [5, 5.41) is 8.28. The number of aliphatic carboxylic acids is 1. The molecule has 0 radical (unpaired) electrons. The van der Waals surface area contributed by atoms with Gasteiger partial charge in [0, 0.05) is 13.2 Å². The molecule has 3 rings (SSSR count). The fraction of sp³-hybridized carbons (Fsp3) is 0.850. The molecule has 3 saturated carbocycles. The Morgan fingerprint density at radius 3 is 1.38 bits per heavy atom. The fourth-order valence-electron chi connectivity index (χ4n) is 3.68. The van der Waals surface area contributed by atoms with Crippen LogP contribution in [-0.4, -0.2) is 28.0 Å². The van der Waals surface area contributed by atoms with Crippen LogP contribution in [0, 0.1) is 17.8 Å². The van der Waals surface area contributed by atoms with E-state index in [2.05, 4.69) is 0 Å². The number of carbonyl (C=O) groups is 3. The van der Waals surface area contributed by atoms with Crippen molar-refractivity contribution < 1.29 is 20.9 Å². The summed E-state index contributed by atoms with van der Waals surface area (Å²) in [6.45, 7) is 0. The number of carboxylic acids is 1. The van der Waals surface area contributed by atoms with Crippen LogP contribution in [0.25, 0.3) is 0 Å². The van der Waals surface area contributed by atoms with Crippen LogP contribution in [0.2, 0.25) is 0 Å². The molecule has 0 aromatic rings. The average Bonchev–Trinajstić information content (AvgIpc) is 3.46. The van der Waals surface area contributed by atoms with Gasteiger partial charge in [-0.3, -0.25) is 14.4 Å². The Morgan fingerprint density at radius 2 is 1.15 bits per heavy atom. The summed E-state index contributed by atoms with van der Waals surface area (Å²) in [6, 6.07) is 0. The molecule has 3 aliphatic carbocycles. The molecule has 4 nitrogen and oxygen atoms in total. The average molecular weight is 410 g/mol. The van der Waals surface area contributed by atoms with E-state index >= 15 is 0 Å². The normalized spacial score (nSPS) is 20.7. The van der Waals surface area contributed by atoms with E-state index in [1.54, 1.807) is 0 Å². The maximum Gasteiger partial charge on any atom is 0.306 e. The van der Waals surface area contributed by atoms with E-state index in [-0.39, 0.29) is 28.7 Å². The number of alkyl halides is 1. The molecule has 0 aromatic heterocycles. The first-order valence-electron chi connectivity index (χ1n) is 10.5. The minimum Gasteiger partial charge on any atom is -0.481 e. The smallest absolute Gasteiger partial charge is 0.306 e. The van der Waals surface area contributed by atoms with E-state index in [0.717, 1.165) is 51.4 Å². The van der Waals surface area contributed by atoms with Crippen molar-refractivity contribution in [3.63, 3.8) is 0 Å². The number of rotatable bonds is 4. The van der Waals surface area contributed by atoms with Gasteiger partial charge in [0.15, 0.2) is 5.78 Å². The highest BCUT2D eigenvalue weighted by atomic mass is 35.5. The minimum atomic E-state index is -0.609. The van der Waals surface area contributed by atoms with Crippen LogP contribution < -0.4 is 0 Å². The van der Waals surface area contributed by atoms with Gasteiger partial charge in [-0.25, -0.2) is 0 Å². The summed E-state index contributed by atoms with van der Waals surface area (Å²) >= 11 is 10.6. The topological polar surface area (TPSA) is 71.4 Å². The zero-order chi connectivity index (χ0) is 20.7. The van der Waals surface area contributed by atoms with E-state index in [9.17, 15) is 14.4 Å². The van der Waals surface area contributed by atoms with E-state index in [0.29, 0.717) is 5.92 Å². The second-order valence-corrected chi connectivity index (χ2v) is 7.83. The third-order valence-electron chi connectivity index (χ3n) is 5.32. The van der Waals surface area contributed by atoms with Crippen LogP contribution in [0.15, 0.2) is 0 Å². The quantitative estimate of drug-likeness (QED) is 0.468. The van der Waals surface area contributed by atoms with Crippen molar-refractivity contribution in [2.24, 2.45) is 17.8 Å². The number of ketones is 1. The summed E-state index contributed by atoms with van der Waals surface area (Å²) in [5.41, 5.74) is 0. The minimum absolute atomic E-state index is 0.0185. The number of Topliss-reactive ketones (excluding diaryl/α,β-unsaturated/α-hetero) is 1. The molecular formula is C20H34Cl2O4. The maximum absolute atomic E-state index is 10.9. The van der Waals surface area contributed by atoms with Crippen molar-refractivity contribution in [3.05, 3.63) is 0 Å². The molecule has 0 aromatic carbocycles. The molecule has 6 heteroatoms. The Bertz CT molecular complexity index is 402. The van der Waals surface area contributed by atoms with E-state index < -0.39 is 5.97 Å². The standard InChI is InChI=1S/C7H11ClO.C6H9ClO.C6H10O2.CH4/c8-5-7(9)6-3-1-2-4-6;2*7-6(8)5-3-1-2-4-5;/h6H,1-5H2;5H,1-4H2;5H,1-4H2,(H,7,8);1H4/i;;;1D. The molecule has 3 fully saturated rings. The molecule has 0 unspecified atom stereocenters. The first-order valence-corrected chi connectivity index (χ1v) is 10.4. The maximum atomic E-state index is 10.9. The van der Waals surface area contributed by atoms with Crippen molar-refractivity contribution in [1.29, 1.82) is 0 Å². The molecule has 0 heterocycles. The van der Waals surface area contributed by atoms with Gasteiger partial charge in [0.2, 0.25) is 5.24 Å². The lowest BCUT2D eigenvalue weighted by molar-refractivity contribution is -0.141. The zero-order valence-corrected chi connectivity index (χ0v) is 17.4. The lowest BCUT2D eigenvalue weighted by atomic mass is 10.0. The van der Waals surface area contributed by atoms with Crippen LogP contribution in [0.1, 0.15) is 85.8 Å². The third-order valence-corrected chi connectivity index (χ3v) is 5.89. The molecule has 0 atom stereocenters. The number of halogens is 2. The van der Waals surface area contributed by atoms with Crippen LogP contribution in [0.4, 0.5) is 0 Å². The fourth-order valence-corrected chi connectivity index (χ4v) is 4.12. The Kier molecular flexibility index (Phi) is 13.0. The number of carboxylic acid groups (broad SMARTS) is 1. The Balaban J connectivity index is 0.000000359. The molecule has 0 amide bonds. The highest BCUT2D eigenvalue weighted by Crippen LogP contribution is 2.26. The van der Waals surface area contributed by atoms with Gasteiger partial charge in [-0.05, 0) is 50.1 Å². The van der Waals surface area contributed by atoms with Crippen LogP contribution >= 0.6 is 23.2 Å². The second-order valence-electron chi connectivity index (χ2n) is 7.19. The molecule has 1 N–H and O–H groups in total. The lowest BCUT2D eigenvalue weighted by Gasteiger charge is -2.01. The molecule has 26 heavy (non-hydrogen) atoms. The Labute approximate surface area is 169 Å². The van der Waals surface area contributed by atoms with Gasteiger partial charge in [0.25, 0.3) is 0 Å². The van der Waals surface area contributed by atoms with Crippen molar-refractivity contribution in [3.8, 4) is 0 Å². The lowest BCUT2D eigenvalue weighted by Crippen LogP contribution is -2.11. The molecule has 0 bridgehead atoms. The molecule has 0 aliphatic heterocycles. The van der Waals surface area contributed by atoms with Gasteiger partial charge in [0.1, 0.15) is 0 Å². The highest BCUT2D eigenvalue weighted by Gasteiger charge is 2.22. The van der Waals surface area contributed by atoms with Gasteiger partial charge in [-0.15, -0.1) is 11.6 Å². The van der Waals surface area contributed by atoms with Crippen molar-refractivity contribution >= 4 is 40.2 Å². The SMILES string of the molecule is O=C(CCl)C1CCCC1.O=C(Cl)C1CCCC1.O=C(O)C1CCCC1.[2H]C. The van der Waals surface area contributed by atoms with Crippen LogP contribution in [0.5, 0.6) is 0 Å². The monoisotopic (exact) mass is 409 g/mol. The van der Waals surface area contributed by atoms with Crippen molar-refractivity contribution in [1.82, 2.24) is 0 Å². The predicted molar refractivity (Wildman–Crippen MR) is 107 cm³/mol. The molecule has 152 valence electrons. The molecular weight excluding hydrogens is 375 g/mol. The Hall–Kier alpha value is -0.610. The summed E-state index contributed by atoms with van der Waals surface area (Å²) in [7, 11) is 1.25. The second kappa shape index (κ2) is 14.4. The Morgan fingerprint density at radius 1 is 0.808 bits per heavy atom. The van der Waals surface area contributed by atoms with Gasteiger partial charge < -0.3 is 5.11 Å². The summed E-state index contributed by atoms with van der Waals surface area (Å²) in [6.07, 6.45) is 13.0. The number of hydrogen-bond donors (Lipinski definition) is 1. The highest BCUT2D eigenvalue weighted by molar-refractivity contribution is 6.64. The molecule has 3 aliphatic rings. The van der Waals surface area contributed by atoms with Crippen molar-refractivity contribution in [2.75, 3.05) is 5.88 Å². The zero-order valence-electron chi connectivity index (χ0n) is 16.9. The summed E-state index contributed by atoms with van der Waals surface area (Å²) in [5.74, 6) is 0.329. The van der Waals surface area contributed by atoms with Crippen LogP contribution in [0.3, 0.4) is 0 Å². The number of hydrogen-bond acceptors (Lipinski definition) is 3. The van der Waals surface area contributed by atoms with E-state index in [4.69, 9.17) is 29.7 Å². The van der Waals surface area contributed by atoms with Gasteiger partial charge in [0.05, 0.1) is 11.8 Å². The third kappa shape index (κ3) is 9.91. The van der Waals surface area contributed by atoms with Gasteiger partial charge >= 0.3 is 5.97 Å². The van der Waals surface area contributed by atoms with E-state index in [1.165, 1.54) is 33.1 Å². The summed E-state index contributed by atoms with van der Waals surface area (Å²) in [4.78, 5) is 31.5. The van der Waals surface area contributed by atoms with Crippen molar-refractivity contribution in [2.45, 2.75) is 84.5 Å². The van der Waals surface area contributed by atoms with E-state index in [1.807, 2.05) is 0 Å². The van der Waals surface area contributed by atoms with Gasteiger partial charge in [-0.1, -0.05) is 45.9 Å². The predicted octanol–water partition coefficient (Wildman–Crippen LogP) is 5.82. The first kappa shape index (κ1) is 23.4. The molecule has 0 saturated heterocycles.